The molecule has 1 unspecified atom stereocenters. The summed E-state index contributed by atoms with van der Waals surface area (Å²) in [7, 11) is 0. The Hall–Kier alpha value is -0.570. The van der Waals surface area contributed by atoms with Crippen molar-refractivity contribution in [2.45, 2.75) is 84.2 Å². The number of carbonyl (C=O) groups is 1. The van der Waals surface area contributed by atoms with Gasteiger partial charge in [0.05, 0.1) is 6.42 Å². The SMILES string of the molecule is CC(C)(C)CC(CC(=O)O)NC1CCCCCC1. The lowest BCUT2D eigenvalue weighted by Crippen LogP contribution is -2.41. The second-order valence-electron chi connectivity index (χ2n) is 6.91. The number of carboxylic acid groups (broad SMARTS) is 1. The first-order valence-corrected chi connectivity index (χ1v) is 7.35. The van der Waals surface area contributed by atoms with Crippen LogP contribution in [0.15, 0.2) is 0 Å². The summed E-state index contributed by atoms with van der Waals surface area (Å²) in [5, 5.41) is 12.6. The molecular formula is C15H29NO2. The highest BCUT2D eigenvalue weighted by Gasteiger charge is 2.24. The number of aliphatic carboxylic acids is 1. The van der Waals surface area contributed by atoms with Gasteiger partial charge in [0, 0.05) is 12.1 Å². The predicted octanol–water partition coefficient (Wildman–Crippen LogP) is 3.58. The second-order valence-corrected chi connectivity index (χ2v) is 6.91. The lowest BCUT2D eigenvalue weighted by atomic mass is 9.86. The summed E-state index contributed by atoms with van der Waals surface area (Å²) >= 11 is 0. The van der Waals surface area contributed by atoms with E-state index in [0.29, 0.717) is 6.04 Å². The molecule has 0 amide bonds. The van der Waals surface area contributed by atoms with E-state index in [4.69, 9.17) is 5.11 Å². The van der Waals surface area contributed by atoms with Crippen molar-refractivity contribution >= 4 is 5.97 Å². The van der Waals surface area contributed by atoms with Crippen molar-refractivity contribution in [1.82, 2.24) is 5.32 Å². The van der Waals surface area contributed by atoms with Crippen LogP contribution in [0.3, 0.4) is 0 Å². The first-order chi connectivity index (χ1) is 8.37. The van der Waals surface area contributed by atoms with Gasteiger partial charge in [0.2, 0.25) is 0 Å². The van der Waals surface area contributed by atoms with Gasteiger partial charge in [-0.15, -0.1) is 0 Å². The third-order valence-electron chi connectivity index (χ3n) is 3.61. The van der Waals surface area contributed by atoms with Crippen LogP contribution in [0.2, 0.25) is 0 Å². The van der Waals surface area contributed by atoms with Crippen LogP contribution in [0.5, 0.6) is 0 Å². The molecule has 1 aliphatic rings. The topological polar surface area (TPSA) is 49.3 Å². The van der Waals surface area contributed by atoms with Gasteiger partial charge in [-0.3, -0.25) is 4.79 Å². The summed E-state index contributed by atoms with van der Waals surface area (Å²) < 4.78 is 0. The van der Waals surface area contributed by atoms with Gasteiger partial charge in [0.1, 0.15) is 0 Å². The molecule has 0 aromatic rings. The Bertz CT molecular complexity index is 250. The van der Waals surface area contributed by atoms with Gasteiger partial charge in [-0.05, 0) is 24.7 Å². The number of hydrogen-bond acceptors (Lipinski definition) is 2. The lowest BCUT2D eigenvalue weighted by molar-refractivity contribution is -0.137. The summed E-state index contributed by atoms with van der Waals surface area (Å²) in [4.78, 5) is 11.0. The maximum Gasteiger partial charge on any atom is 0.304 e. The number of carboxylic acids is 1. The minimum atomic E-state index is -0.689. The van der Waals surface area contributed by atoms with Crippen molar-refractivity contribution in [2.24, 2.45) is 5.41 Å². The average molecular weight is 255 g/mol. The first-order valence-electron chi connectivity index (χ1n) is 7.35. The van der Waals surface area contributed by atoms with Gasteiger partial charge < -0.3 is 10.4 Å². The fraction of sp³-hybridized carbons (Fsp3) is 0.933. The lowest BCUT2D eigenvalue weighted by Gasteiger charge is -2.29. The van der Waals surface area contributed by atoms with Crippen LogP contribution < -0.4 is 5.32 Å². The molecule has 1 fully saturated rings. The molecule has 0 aromatic heterocycles. The van der Waals surface area contributed by atoms with E-state index in [1.54, 1.807) is 0 Å². The van der Waals surface area contributed by atoms with Gasteiger partial charge in [-0.25, -0.2) is 0 Å². The number of rotatable bonds is 5. The molecule has 3 nitrogen and oxygen atoms in total. The van der Waals surface area contributed by atoms with Crippen LogP contribution in [0, 0.1) is 5.41 Å². The quantitative estimate of drug-likeness (QED) is 0.738. The second kappa shape index (κ2) is 7.13. The number of nitrogens with one attached hydrogen (secondary N) is 1. The van der Waals surface area contributed by atoms with Crippen LogP contribution in [-0.4, -0.2) is 23.2 Å². The van der Waals surface area contributed by atoms with E-state index in [9.17, 15) is 4.79 Å². The van der Waals surface area contributed by atoms with Crippen LogP contribution >= 0.6 is 0 Å². The molecule has 0 spiro atoms. The van der Waals surface area contributed by atoms with E-state index in [1.165, 1.54) is 38.5 Å². The Morgan fingerprint density at radius 3 is 2.22 bits per heavy atom. The summed E-state index contributed by atoms with van der Waals surface area (Å²) in [5.41, 5.74) is 0.178. The van der Waals surface area contributed by atoms with E-state index in [0.717, 1.165) is 6.42 Å². The van der Waals surface area contributed by atoms with Crippen LogP contribution in [0.4, 0.5) is 0 Å². The molecule has 1 rings (SSSR count). The maximum atomic E-state index is 11.0. The van der Waals surface area contributed by atoms with Gasteiger partial charge in [-0.1, -0.05) is 46.5 Å². The summed E-state index contributed by atoms with van der Waals surface area (Å²) in [6.07, 6.45) is 8.83. The fourth-order valence-electron chi connectivity index (χ4n) is 2.92. The van der Waals surface area contributed by atoms with E-state index >= 15 is 0 Å². The van der Waals surface area contributed by atoms with Crippen LogP contribution in [-0.2, 0) is 4.79 Å². The fourth-order valence-corrected chi connectivity index (χ4v) is 2.92. The Morgan fingerprint density at radius 1 is 1.22 bits per heavy atom. The van der Waals surface area contributed by atoms with Crippen molar-refractivity contribution in [3.63, 3.8) is 0 Å². The highest BCUT2D eigenvalue weighted by atomic mass is 16.4. The Morgan fingerprint density at radius 2 is 1.78 bits per heavy atom. The molecule has 106 valence electrons. The molecule has 18 heavy (non-hydrogen) atoms. The van der Waals surface area contributed by atoms with Gasteiger partial charge in [-0.2, -0.15) is 0 Å². The molecule has 0 saturated heterocycles. The molecule has 0 bridgehead atoms. The molecule has 0 aliphatic heterocycles. The third kappa shape index (κ3) is 7.00. The predicted molar refractivity (Wildman–Crippen MR) is 74.7 cm³/mol. The Labute approximate surface area is 111 Å². The van der Waals surface area contributed by atoms with Crippen LogP contribution in [0.25, 0.3) is 0 Å². The zero-order valence-corrected chi connectivity index (χ0v) is 12.2. The number of hydrogen-bond donors (Lipinski definition) is 2. The van der Waals surface area contributed by atoms with Crippen molar-refractivity contribution < 1.29 is 9.90 Å². The zero-order chi connectivity index (χ0) is 13.6. The van der Waals surface area contributed by atoms with Crippen LogP contribution in [0.1, 0.15) is 72.1 Å². The average Bonchev–Trinajstić information content (AvgIpc) is 2.42. The Balaban J connectivity index is 2.50. The molecule has 0 heterocycles. The molecule has 0 aromatic carbocycles. The van der Waals surface area contributed by atoms with Crippen molar-refractivity contribution in [3.8, 4) is 0 Å². The molecular weight excluding hydrogens is 226 g/mol. The molecule has 2 N–H and O–H groups in total. The summed E-state index contributed by atoms with van der Waals surface area (Å²) in [6, 6.07) is 0.643. The minimum absolute atomic E-state index is 0.116. The van der Waals surface area contributed by atoms with Gasteiger partial charge in [0.15, 0.2) is 0 Å². The van der Waals surface area contributed by atoms with E-state index < -0.39 is 5.97 Å². The van der Waals surface area contributed by atoms with Gasteiger partial charge >= 0.3 is 5.97 Å². The van der Waals surface area contributed by atoms with Gasteiger partial charge in [0.25, 0.3) is 0 Å². The highest BCUT2D eigenvalue weighted by molar-refractivity contribution is 5.67. The molecule has 1 saturated carbocycles. The molecule has 3 heteroatoms. The maximum absolute atomic E-state index is 11.0. The molecule has 1 atom stereocenters. The normalized spacial score (nSPS) is 20.4. The third-order valence-corrected chi connectivity index (χ3v) is 3.61. The Kier molecular flexibility index (Phi) is 6.13. The van der Waals surface area contributed by atoms with E-state index in [2.05, 4.69) is 26.1 Å². The highest BCUT2D eigenvalue weighted by Crippen LogP contribution is 2.24. The summed E-state index contributed by atoms with van der Waals surface area (Å²) in [6.45, 7) is 6.53. The largest absolute Gasteiger partial charge is 0.481 e. The first kappa shape index (κ1) is 15.5. The smallest absolute Gasteiger partial charge is 0.304 e. The zero-order valence-electron chi connectivity index (χ0n) is 12.2. The monoisotopic (exact) mass is 255 g/mol. The van der Waals surface area contributed by atoms with E-state index in [1.807, 2.05) is 0 Å². The van der Waals surface area contributed by atoms with Crippen molar-refractivity contribution in [3.05, 3.63) is 0 Å². The summed E-state index contributed by atoms with van der Waals surface area (Å²) in [5.74, 6) is -0.689. The minimum Gasteiger partial charge on any atom is -0.481 e. The molecule has 1 aliphatic carbocycles. The van der Waals surface area contributed by atoms with Crippen molar-refractivity contribution in [2.75, 3.05) is 0 Å². The van der Waals surface area contributed by atoms with Crippen molar-refractivity contribution in [1.29, 1.82) is 0 Å². The molecule has 0 radical (unpaired) electrons. The standard InChI is InChI=1S/C15H29NO2/c1-15(2,3)11-13(10-14(17)18)16-12-8-6-4-5-7-9-12/h12-13,16H,4-11H2,1-3H3,(H,17,18). The van der Waals surface area contributed by atoms with E-state index in [-0.39, 0.29) is 17.9 Å².